The van der Waals surface area contributed by atoms with Crippen molar-refractivity contribution in [2.75, 3.05) is 44.3 Å². The van der Waals surface area contributed by atoms with Crippen LogP contribution in [-0.2, 0) is 12.7 Å². The maximum absolute atomic E-state index is 13.9. The Labute approximate surface area is 222 Å². The van der Waals surface area contributed by atoms with Gasteiger partial charge in [0.1, 0.15) is 11.6 Å². The molecule has 1 aromatic carbocycles. The summed E-state index contributed by atoms with van der Waals surface area (Å²) in [5, 5.41) is 9.84. The summed E-state index contributed by atoms with van der Waals surface area (Å²) >= 11 is 0. The van der Waals surface area contributed by atoms with E-state index in [4.69, 9.17) is 5.73 Å². The molecule has 4 N–H and O–H groups in total. The average Bonchev–Trinajstić information content (AvgIpc) is 3.28. The molecule has 1 fully saturated rings. The highest BCUT2D eigenvalue weighted by atomic mass is 19.4. The second kappa shape index (κ2) is 10.7. The van der Waals surface area contributed by atoms with Crippen molar-refractivity contribution in [3.63, 3.8) is 0 Å². The first kappa shape index (κ1) is 26.1. The molecule has 1 amide bonds. The molecule has 0 spiro atoms. The summed E-state index contributed by atoms with van der Waals surface area (Å²) in [6.45, 7) is 3.13. The van der Waals surface area contributed by atoms with Gasteiger partial charge in [0.05, 0.1) is 10.9 Å². The summed E-state index contributed by atoms with van der Waals surface area (Å²) < 4.78 is 41.7. The summed E-state index contributed by atoms with van der Waals surface area (Å²) in [5.41, 5.74) is 6.68. The maximum atomic E-state index is 13.9. The van der Waals surface area contributed by atoms with Gasteiger partial charge in [-0.15, -0.1) is 0 Å². The Hall–Kier alpha value is -4.47. The number of likely N-dealkylation sites (N-methyl/N-ethyl adjacent to an activating group) is 1. The number of rotatable bonds is 4. The van der Waals surface area contributed by atoms with Crippen LogP contribution < -0.4 is 11.1 Å². The first-order chi connectivity index (χ1) is 18.7. The molecule has 39 heavy (non-hydrogen) atoms. The molecule has 9 nitrogen and oxygen atoms in total. The van der Waals surface area contributed by atoms with Crippen molar-refractivity contribution in [3.8, 4) is 11.8 Å². The molecule has 0 atom stereocenters. The van der Waals surface area contributed by atoms with Crippen LogP contribution in [0.4, 0.5) is 24.8 Å². The lowest BCUT2D eigenvalue weighted by Gasteiger charge is -2.33. The van der Waals surface area contributed by atoms with E-state index >= 15 is 0 Å². The fraction of sp³-hybridized carbons (Fsp3) is 0.259. The number of nitrogens with zero attached hydrogens (tertiary/aromatic N) is 5. The third kappa shape index (κ3) is 6.17. The summed E-state index contributed by atoms with van der Waals surface area (Å²) in [4.78, 5) is 25.3. The molecule has 5 rings (SSSR count). The molecule has 0 radical (unpaired) electrons. The molecular weight excluding hydrogens is 509 g/mol. The Morgan fingerprint density at radius 3 is 2.62 bits per heavy atom. The van der Waals surface area contributed by atoms with Gasteiger partial charge >= 0.3 is 6.18 Å². The number of hydrogen-bond acceptors (Lipinski definition) is 7. The summed E-state index contributed by atoms with van der Waals surface area (Å²) in [7, 11) is 1.98. The van der Waals surface area contributed by atoms with E-state index in [9.17, 15) is 18.0 Å². The Balaban J connectivity index is 1.31. The van der Waals surface area contributed by atoms with Crippen molar-refractivity contribution in [3.05, 3.63) is 76.6 Å². The molecule has 0 unspecified atom stereocenters. The third-order valence-corrected chi connectivity index (χ3v) is 6.46. The van der Waals surface area contributed by atoms with Gasteiger partial charge in [-0.3, -0.25) is 14.8 Å². The number of anilines is 2. The Morgan fingerprint density at radius 2 is 1.85 bits per heavy atom. The van der Waals surface area contributed by atoms with Crippen LogP contribution >= 0.6 is 0 Å². The number of H-pyrrole nitrogens is 1. The largest absolute Gasteiger partial charge is 0.416 e. The van der Waals surface area contributed by atoms with Crippen LogP contribution in [0.3, 0.4) is 0 Å². The SMILES string of the molecule is CN1CCN(Cc2ccc(C(=O)Nc3cc(C#Cc4cnc5n[nH]c(N)c5c4)ccn3)cc2C(F)(F)F)CC1. The topological polar surface area (TPSA) is 116 Å². The minimum absolute atomic E-state index is 0.111. The monoisotopic (exact) mass is 534 g/mol. The molecule has 4 heterocycles. The van der Waals surface area contributed by atoms with E-state index in [1.165, 1.54) is 24.4 Å². The van der Waals surface area contributed by atoms with Gasteiger partial charge in [-0.25, -0.2) is 9.97 Å². The van der Waals surface area contributed by atoms with Gasteiger partial charge in [0.15, 0.2) is 5.65 Å². The number of nitrogens with one attached hydrogen (secondary N) is 2. The van der Waals surface area contributed by atoms with Crippen LogP contribution in [0.2, 0.25) is 0 Å². The van der Waals surface area contributed by atoms with E-state index in [1.54, 1.807) is 18.3 Å². The standard InChI is InChI=1S/C27H25F3N8O/c1-37-8-10-38(11-9-37)16-20-5-4-19(14-22(20)27(28,29)30)26(39)34-23-13-17(6-7-32-23)2-3-18-12-21-24(31)35-36-25(21)33-15-18/h4-7,12-15H,8-11,16H2,1H3,(H,32,34,39)(H3,31,33,35,36). The minimum Gasteiger partial charge on any atom is -0.384 e. The second-order valence-electron chi connectivity index (χ2n) is 9.32. The van der Waals surface area contributed by atoms with Crippen LogP contribution in [0.15, 0.2) is 48.8 Å². The molecule has 0 bridgehead atoms. The zero-order valence-electron chi connectivity index (χ0n) is 21.0. The number of hydrogen-bond donors (Lipinski definition) is 3. The van der Waals surface area contributed by atoms with Crippen LogP contribution in [0, 0.1) is 11.8 Å². The van der Waals surface area contributed by atoms with Crippen LogP contribution in [0.25, 0.3) is 11.0 Å². The quantitative estimate of drug-likeness (QED) is 0.344. The van der Waals surface area contributed by atoms with Gasteiger partial charge in [0.2, 0.25) is 0 Å². The Morgan fingerprint density at radius 1 is 1.08 bits per heavy atom. The lowest BCUT2D eigenvalue weighted by atomic mass is 10.0. The molecule has 12 heteroatoms. The lowest BCUT2D eigenvalue weighted by molar-refractivity contribution is -0.138. The molecule has 3 aromatic heterocycles. The number of alkyl halides is 3. The van der Waals surface area contributed by atoms with Crippen molar-refractivity contribution in [1.82, 2.24) is 30.0 Å². The molecular formula is C27H25F3N8O. The predicted octanol–water partition coefficient (Wildman–Crippen LogP) is 3.35. The molecule has 1 aliphatic heterocycles. The Kier molecular flexibility index (Phi) is 7.19. The number of amides is 1. The molecule has 4 aromatic rings. The number of benzene rings is 1. The number of carbonyl (C=O) groups excluding carboxylic acids is 1. The molecule has 200 valence electrons. The molecule has 1 saturated heterocycles. The number of nitrogen functional groups attached to an aromatic ring is 1. The first-order valence-electron chi connectivity index (χ1n) is 12.2. The van der Waals surface area contributed by atoms with Crippen molar-refractivity contribution in [2.45, 2.75) is 12.7 Å². The number of aromatic nitrogens is 4. The van der Waals surface area contributed by atoms with E-state index in [0.29, 0.717) is 41.1 Å². The number of pyridine rings is 2. The number of nitrogens with two attached hydrogens (primary N) is 1. The van der Waals surface area contributed by atoms with Gasteiger partial charge in [-0.05, 0) is 42.9 Å². The zero-order valence-corrected chi connectivity index (χ0v) is 21.0. The van der Waals surface area contributed by atoms with Crippen LogP contribution in [0.1, 0.15) is 32.6 Å². The van der Waals surface area contributed by atoms with Gasteiger partial charge in [-0.2, -0.15) is 18.3 Å². The second-order valence-corrected chi connectivity index (χ2v) is 9.32. The predicted molar refractivity (Wildman–Crippen MR) is 141 cm³/mol. The fourth-order valence-corrected chi connectivity index (χ4v) is 4.26. The maximum Gasteiger partial charge on any atom is 0.416 e. The van der Waals surface area contributed by atoms with E-state index in [1.807, 2.05) is 11.9 Å². The van der Waals surface area contributed by atoms with Crippen molar-refractivity contribution in [1.29, 1.82) is 0 Å². The number of piperazine rings is 1. The van der Waals surface area contributed by atoms with E-state index in [0.717, 1.165) is 19.2 Å². The number of aromatic amines is 1. The summed E-state index contributed by atoms with van der Waals surface area (Å²) in [6, 6.07) is 8.62. The van der Waals surface area contributed by atoms with Crippen LogP contribution in [0.5, 0.6) is 0 Å². The smallest absolute Gasteiger partial charge is 0.384 e. The zero-order chi connectivity index (χ0) is 27.6. The van der Waals surface area contributed by atoms with Crippen molar-refractivity contribution < 1.29 is 18.0 Å². The highest BCUT2D eigenvalue weighted by molar-refractivity contribution is 6.04. The van der Waals surface area contributed by atoms with E-state index in [-0.39, 0.29) is 23.5 Å². The molecule has 0 aliphatic carbocycles. The van der Waals surface area contributed by atoms with Gasteiger partial charge in [0.25, 0.3) is 5.91 Å². The van der Waals surface area contributed by atoms with Crippen molar-refractivity contribution in [2.24, 2.45) is 0 Å². The highest BCUT2D eigenvalue weighted by Gasteiger charge is 2.34. The summed E-state index contributed by atoms with van der Waals surface area (Å²) in [5.74, 6) is 5.77. The number of carbonyl (C=O) groups is 1. The number of halogens is 3. The third-order valence-electron chi connectivity index (χ3n) is 6.46. The minimum atomic E-state index is -4.59. The lowest BCUT2D eigenvalue weighted by Crippen LogP contribution is -2.44. The van der Waals surface area contributed by atoms with Crippen molar-refractivity contribution >= 4 is 28.6 Å². The average molecular weight is 535 g/mol. The van der Waals surface area contributed by atoms with Gasteiger partial charge < -0.3 is 16.0 Å². The van der Waals surface area contributed by atoms with Gasteiger partial charge in [-0.1, -0.05) is 17.9 Å². The normalized spacial score (nSPS) is 14.7. The van der Waals surface area contributed by atoms with Crippen LogP contribution in [-0.4, -0.2) is 69.1 Å². The summed E-state index contributed by atoms with van der Waals surface area (Å²) in [6.07, 6.45) is -1.58. The molecule has 0 saturated carbocycles. The molecule has 1 aliphatic rings. The van der Waals surface area contributed by atoms with E-state index < -0.39 is 17.6 Å². The highest BCUT2D eigenvalue weighted by Crippen LogP contribution is 2.33. The fourth-order valence-electron chi connectivity index (χ4n) is 4.26. The Bertz CT molecular complexity index is 1580. The van der Waals surface area contributed by atoms with E-state index in [2.05, 4.69) is 42.2 Å². The van der Waals surface area contributed by atoms with Gasteiger partial charge in [0, 0.05) is 61.8 Å². The number of fused-ring (bicyclic) bond motifs is 1. The first-order valence-corrected chi connectivity index (χ1v) is 12.2.